The highest BCUT2D eigenvalue weighted by Crippen LogP contribution is 2.17. The first kappa shape index (κ1) is 18.9. The van der Waals surface area contributed by atoms with Crippen molar-refractivity contribution in [3.63, 3.8) is 0 Å². The van der Waals surface area contributed by atoms with Gasteiger partial charge in [0, 0.05) is 44.6 Å². The van der Waals surface area contributed by atoms with E-state index in [0.29, 0.717) is 6.54 Å². The summed E-state index contributed by atoms with van der Waals surface area (Å²) >= 11 is 0. The van der Waals surface area contributed by atoms with Crippen LogP contribution in [0.3, 0.4) is 0 Å². The summed E-state index contributed by atoms with van der Waals surface area (Å²) in [6.07, 6.45) is 1.72. The molecule has 0 atom stereocenters. The van der Waals surface area contributed by atoms with Gasteiger partial charge in [-0.15, -0.1) is 10.2 Å². The van der Waals surface area contributed by atoms with Crippen LogP contribution in [0.1, 0.15) is 5.82 Å². The molecule has 150 valence electrons. The number of hydrogen-bond donors (Lipinski definition) is 1. The number of guanidine groups is 1. The molecule has 3 aromatic rings. The van der Waals surface area contributed by atoms with Gasteiger partial charge in [-0.3, -0.25) is 9.56 Å². The minimum Gasteiger partial charge on any atom is -0.368 e. The summed E-state index contributed by atoms with van der Waals surface area (Å²) in [7, 11) is 1.79. The van der Waals surface area contributed by atoms with Gasteiger partial charge in [0.25, 0.3) is 0 Å². The van der Waals surface area contributed by atoms with Gasteiger partial charge in [0.1, 0.15) is 12.1 Å². The number of anilines is 1. The SMILES string of the molecule is CN=C(NCc1nncn1-c1ccccc1)N1CCN(c2ccc(F)cc2)CC1. The second-order valence-corrected chi connectivity index (χ2v) is 6.80. The Morgan fingerprint density at radius 2 is 1.72 bits per heavy atom. The third-order valence-corrected chi connectivity index (χ3v) is 5.04. The van der Waals surface area contributed by atoms with Crippen LogP contribution >= 0.6 is 0 Å². The van der Waals surface area contributed by atoms with Crippen molar-refractivity contribution in [1.29, 1.82) is 0 Å². The predicted octanol–water partition coefficient (Wildman–Crippen LogP) is 2.30. The molecule has 0 unspecified atom stereocenters. The molecule has 0 radical (unpaired) electrons. The molecule has 2 heterocycles. The largest absolute Gasteiger partial charge is 0.368 e. The minimum atomic E-state index is -0.208. The Morgan fingerprint density at radius 1 is 1.00 bits per heavy atom. The van der Waals surface area contributed by atoms with Crippen molar-refractivity contribution in [3.05, 3.63) is 72.6 Å². The standard InChI is InChI=1S/C21H24FN7/c1-23-21(24-15-20-26-25-16-29(20)19-5-3-2-4-6-19)28-13-11-27(12-14-28)18-9-7-17(22)8-10-18/h2-10,16H,11-15H2,1H3,(H,23,24). The monoisotopic (exact) mass is 393 g/mol. The van der Waals surface area contributed by atoms with E-state index in [-0.39, 0.29) is 5.82 Å². The summed E-state index contributed by atoms with van der Waals surface area (Å²) in [4.78, 5) is 8.91. The Balaban J connectivity index is 1.35. The van der Waals surface area contributed by atoms with E-state index >= 15 is 0 Å². The number of nitrogens with zero attached hydrogens (tertiary/aromatic N) is 6. The number of aliphatic imine (C=N–C) groups is 1. The van der Waals surface area contributed by atoms with Gasteiger partial charge in [-0.1, -0.05) is 18.2 Å². The van der Waals surface area contributed by atoms with Gasteiger partial charge in [0.2, 0.25) is 0 Å². The van der Waals surface area contributed by atoms with E-state index in [2.05, 4.69) is 30.3 Å². The third kappa shape index (κ3) is 4.37. The number of benzene rings is 2. The fourth-order valence-electron chi connectivity index (χ4n) is 3.50. The van der Waals surface area contributed by atoms with Gasteiger partial charge in [-0.25, -0.2) is 4.39 Å². The first-order valence-electron chi connectivity index (χ1n) is 9.65. The van der Waals surface area contributed by atoms with Crippen LogP contribution in [0.2, 0.25) is 0 Å². The summed E-state index contributed by atoms with van der Waals surface area (Å²) in [6.45, 7) is 3.91. The summed E-state index contributed by atoms with van der Waals surface area (Å²) in [6, 6.07) is 16.7. The van der Waals surface area contributed by atoms with E-state index in [0.717, 1.165) is 49.3 Å². The van der Waals surface area contributed by atoms with Crippen LogP contribution < -0.4 is 10.2 Å². The predicted molar refractivity (Wildman–Crippen MR) is 112 cm³/mol. The van der Waals surface area contributed by atoms with Crippen molar-refractivity contribution >= 4 is 11.6 Å². The maximum Gasteiger partial charge on any atom is 0.194 e. The number of piperazine rings is 1. The van der Waals surface area contributed by atoms with Crippen LogP contribution in [0.15, 0.2) is 65.9 Å². The molecule has 0 amide bonds. The topological polar surface area (TPSA) is 61.6 Å². The quantitative estimate of drug-likeness (QED) is 0.544. The molecule has 1 fully saturated rings. The molecule has 0 saturated carbocycles. The molecule has 7 nitrogen and oxygen atoms in total. The molecular formula is C21H24FN7. The number of para-hydroxylation sites is 1. The minimum absolute atomic E-state index is 0.208. The molecule has 1 aliphatic heterocycles. The molecule has 4 rings (SSSR count). The molecule has 1 saturated heterocycles. The first-order chi connectivity index (χ1) is 14.2. The normalized spacial score (nSPS) is 14.9. The van der Waals surface area contributed by atoms with Gasteiger partial charge >= 0.3 is 0 Å². The zero-order chi connectivity index (χ0) is 20.1. The number of aromatic nitrogens is 3. The van der Waals surface area contributed by atoms with Gasteiger partial charge < -0.3 is 15.1 Å². The first-order valence-corrected chi connectivity index (χ1v) is 9.65. The molecule has 1 aromatic heterocycles. The highest BCUT2D eigenvalue weighted by atomic mass is 19.1. The van der Waals surface area contributed by atoms with Gasteiger partial charge in [-0.05, 0) is 36.4 Å². The fourth-order valence-corrected chi connectivity index (χ4v) is 3.50. The maximum atomic E-state index is 13.1. The van der Waals surface area contributed by atoms with Gasteiger partial charge in [-0.2, -0.15) is 0 Å². The van der Waals surface area contributed by atoms with Crippen LogP contribution in [-0.2, 0) is 6.54 Å². The van der Waals surface area contributed by atoms with Crippen molar-refractivity contribution in [2.24, 2.45) is 4.99 Å². The smallest absolute Gasteiger partial charge is 0.194 e. The average molecular weight is 393 g/mol. The molecular weight excluding hydrogens is 369 g/mol. The summed E-state index contributed by atoms with van der Waals surface area (Å²) < 4.78 is 15.1. The molecule has 0 spiro atoms. The highest BCUT2D eigenvalue weighted by molar-refractivity contribution is 5.80. The Hall–Kier alpha value is -3.42. The lowest BCUT2D eigenvalue weighted by atomic mass is 10.2. The van der Waals surface area contributed by atoms with Crippen molar-refractivity contribution in [3.8, 4) is 5.69 Å². The molecule has 0 aliphatic carbocycles. The Bertz CT molecular complexity index is 945. The zero-order valence-corrected chi connectivity index (χ0v) is 16.4. The van der Waals surface area contributed by atoms with E-state index in [4.69, 9.17) is 0 Å². The van der Waals surface area contributed by atoms with E-state index in [1.807, 2.05) is 47.0 Å². The summed E-state index contributed by atoms with van der Waals surface area (Å²) in [5, 5.41) is 11.7. The molecule has 1 N–H and O–H groups in total. The highest BCUT2D eigenvalue weighted by Gasteiger charge is 2.20. The van der Waals surface area contributed by atoms with Gasteiger partial charge in [0.15, 0.2) is 11.8 Å². The van der Waals surface area contributed by atoms with Crippen molar-refractivity contribution in [1.82, 2.24) is 25.0 Å². The number of rotatable bonds is 4. The van der Waals surface area contributed by atoms with Crippen LogP contribution in [0.5, 0.6) is 0 Å². The number of nitrogens with one attached hydrogen (secondary N) is 1. The van der Waals surface area contributed by atoms with Crippen LogP contribution in [0.4, 0.5) is 10.1 Å². The molecule has 0 bridgehead atoms. The average Bonchev–Trinajstić information content (AvgIpc) is 3.24. The van der Waals surface area contributed by atoms with Crippen LogP contribution in [-0.4, -0.2) is 58.9 Å². The van der Waals surface area contributed by atoms with Crippen molar-refractivity contribution in [2.75, 3.05) is 38.1 Å². The second kappa shape index (κ2) is 8.72. The summed E-state index contributed by atoms with van der Waals surface area (Å²) in [5.74, 6) is 1.45. The van der Waals surface area contributed by atoms with E-state index < -0.39 is 0 Å². The molecule has 2 aromatic carbocycles. The van der Waals surface area contributed by atoms with Crippen molar-refractivity contribution < 1.29 is 4.39 Å². The lowest BCUT2D eigenvalue weighted by molar-refractivity contribution is 0.372. The van der Waals surface area contributed by atoms with E-state index in [1.165, 1.54) is 12.1 Å². The van der Waals surface area contributed by atoms with Crippen LogP contribution in [0.25, 0.3) is 5.69 Å². The third-order valence-electron chi connectivity index (χ3n) is 5.04. The Labute approximate surface area is 169 Å². The van der Waals surface area contributed by atoms with Gasteiger partial charge in [0.05, 0.1) is 6.54 Å². The summed E-state index contributed by atoms with van der Waals surface area (Å²) in [5.41, 5.74) is 2.07. The van der Waals surface area contributed by atoms with E-state index in [9.17, 15) is 4.39 Å². The lowest BCUT2D eigenvalue weighted by Crippen LogP contribution is -2.52. The second-order valence-electron chi connectivity index (χ2n) is 6.80. The number of hydrogen-bond acceptors (Lipinski definition) is 4. The number of halogens is 1. The van der Waals surface area contributed by atoms with Crippen LogP contribution in [0, 0.1) is 5.82 Å². The fraction of sp³-hybridized carbons (Fsp3) is 0.286. The zero-order valence-electron chi connectivity index (χ0n) is 16.4. The molecule has 8 heteroatoms. The Morgan fingerprint density at radius 3 is 2.41 bits per heavy atom. The van der Waals surface area contributed by atoms with E-state index in [1.54, 1.807) is 13.4 Å². The lowest BCUT2D eigenvalue weighted by Gasteiger charge is -2.37. The van der Waals surface area contributed by atoms with Crippen molar-refractivity contribution in [2.45, 2.75) is 6.54 Å². The Kier molecular flexibility index (Phi) is 5.69. The molecule has 1 aliphatic rings. The maximum absolute atomic E-state index is 13.1. The molecule has 29 heavy (non-hydrogen) atoms.